The van der Waals surface area contributed by atoms with Crippen molar-refractivity contribution < 1.29 is 19.1 Å². The summed E-state index contributed by atoms with van der Waals surface area (Å²) >= 11 is 6.89. The summed E-state index contributed by atoms with van der Waals surface area (Å²) < 4.78 is 5.09. The lowest BCUT2D eigenvalue weighted by molar-refractivity contribution is -0.122. The molecule has 3 rings (SSSR count). The summed E-state index contributed by atoms with van der Waals surface area (Å²) in [6, 6.07) is 12.1. The predicted molar refractivity (Wildman–Crippen MR) is 106 cm³/mol. The van der Waals surface area contributed by atoms with E-state index < -0.39 is 11.1 Å². The fourth-order valence-corrected chi connectivity index (χ4v) is 3.64. The summed E-state index contributed by atoms with van der Waals surface area (Å²) in [5.74, 6) is -0.256. The molecule has 2 amide bonds. The SMILES string of the molecule is COc1ccc(/C=C2\SC(=O)N(CC(=O)c3ccc(C)cc3)C2=O)cc1Cl. The molecule has 1 heterocycles. The Hall–Kier alpha value is -2.57. The van der Waals surface area contributed by atoms with Gasteiger partial charge in [-0.2, -0.15) is 0 Å². The molecular weight excluding hydrogens is 386 g/mol. The summed E-state index contributed by atoms with van der Waals surface area (Å²) in [6.45, 7) is 1.63. The van der Waals surface area contributed by atoms with E-state index in [1.165, 1.54) is 7.11 Å². The molecule has 0 radical (unpaired) electrons. The molecule has 2 aromatic carbocycles. The molecule has 1 fully saturated rings. The van der Waals surface area contributed by atoms with Crippen molar-refractivity contribution in [3.63, 3.8) is 0 Å². The van der Waals surface area contributed by atoms with Crippen molar-refractivity contribution in [2.24, 2.45) is 0 Å². The summed E-state index contributed by atoms with van der Waals surface area (Å²) in [5.41, 5.74) is 2.15. The van der Waals surface area contributed by atoms with Gasteiger partial charge in [-0.25, -0.2) is 0 Å². The number of hydrogen-bond acceptors (Lipinski definition) is 5. The van der Waals surface area contributed by atoms with Gasteiger partial charge in [-0.05, 0) is 42.5 Å². The standard InChI is InChI=1S/C20H16ClNO4S/c1-12-3-6-14(7-4-12)16(23)11-22-19(24)18(27-20(22)25)10-13-5-8-17(26-2)15(21)9-13/h3-10H,11H2,1-2H3/b18-10-. The van der Waals surface area contributed by atoms with Crippen molar-refractivity contribution in [2.75, 3.05) is 13.7 Å². The van der Waals surface area contributed by atoms with Crippen molar-refractivity contribution in [3.05, 3.63) is 69.1 Å². The van der Waals surface area contributed by atoms with Gasteiger partial charge in [0.1, 0.15) is 5.75 Å². The third-order valence-corrected chi connectivity index (χ3v) is 5.23. The molecule has 5 nitrogen and oxygen atoms in total. The number of ether oxygens (including phenoxy) is 1. The Morgan fingerprint density at radius 2 is 1.89 bits per heavy atom. The van der Waals surface area contributed by atoms with E-state index in [9.17, 15) is 14.4 Å². The lowest BCUT2D eigenvalue weighted by Gasteiger charge is -2.11. The van der Waals surface area contributed by atoms with Crippen LogP contribution in [0.3, 0.4) is 0 Å². The van der Waals surface area contributed by atoms with Gasteiger partial charge in [0.15, 0.2) is 5.78 Å². The Kier molecular flexibility index (Phi) is 5.68. The highest BCUT2D eigenvalue weighted by Crippen LogP contribution is 2.33. The predicted octanol–water partition coefficient (Wildman–Crippen LogP) is 4.58. The van der Waals surface area contributed by atoms with Crippen molar-refractivity contribution in [1.29, 1.82) is 0 Å². The number of rotatable bonds is 5. The Labute approximate surface area is 165 Å². The first-order valence-electron chi connectivity index (χ1n) is 8.08. The van der Waals surface area contributed by atoms with E-state index in [0.29, 0.717) is 21.9 Å². The zero-order chi connectivity index (χ0) is 19.6. The minimum atomic E-state index is -0.489. The highest BCUT2D eigenvalue weighted by molar-refractivity contribution is 8.18. The van der Waals surface area contributed by atoms with Crippen LogP contribution in [0, 0.1) is 6.92 Å². The average molecular weight is 402 g/mol. The molecule has 0 aromatic heterocycles. The highest BCUT2D eigenvalue weighted by Gasteiger charge is 2.36. The minimum Gasteiger partial charge on any atom is -0.495 e. The summed E-state index contributed by atoms with van der Waals surface area (Å²) in [7, 11) is 1.51. The van der Waals surface area contributed by atoms with Gasteiger partial charge in [0.25, 0.3) is 11.1 Å². The van der Waals surface area contributed by atoms with Gasteiger partial charge in [0.05, 0.1) is 23.6 Å². The van der Waals surface area contributed by atoms with Crippen molar-refractivity contribution >= 4 is 46.4 Å². The van der Waals surface area contributed by atoms with Gasteiger partial charge in [-0.15, -0.1) is 0 Å². The molecule has 0 aliphatic carbocycles. The molecule has 7 heteroatoms. The van der Waals surface area contributed by atoms with Crippen LogP contribution in [0.4, 0.5) is 4.79 Å². The first-order chi connectivity index (χ1) is 12.9. The number of carbonyl (C=O) groups is 3. The summed E-state index contributed by atoms with van der Waals surface area (Å²) in [6.07, 6.45) is 1.58. The van der Waals surface area contributed by atoms with Gasteiger partial charge < -0.3 is 4.74 Å². The normalized spacial score (nSPS) is 15.5. The molecule has 0 unspecified atom stereocenters. The molecule has 1 aliphatic heterocycles. The number of nitrogens with zero attached hydrogens (tertiary/aromatic N) is 1. The quantitative estimate of drug-likeness (QED) is 0.542. The Morgan fingerprint density at radius 1 is 1.19 bits per heavy atom. The summed E-state index contributed by atoms with van der Waals surface area (Å²) in [4.78, 5) is 38.3. The number of Topliss-reactive ketones (excluding diaryl/α,β-unsaturated/α-hetero) is 1. The minimum absolute atomic E-state index is 0.248. The molecule has 1 saturated heterocycles. The molecule has 0 atom stereocenters. The smallest absolute Gasteiger partial charge is 0.293 e. The number of halogens is 1. The van der Waals surface area contributed by atoms with Crippen LogP contribution < -0.4 is 4.74 Å². The Morgan fingerprint density at radius 3 is 2.52 bits per heavy atom. The first kappa shape index (κ1) is 19.2. The zero-order valence-electron chi connectivity index (χ0n) is 14.7. The molecule has 1 aliphatic rings. The number of methoxy groups -OCH3 is 1. The number of amides is 2. The fraction of sp³-hybridized carbons (Fsp3) is 0.150. The Bertz CT molecular complexity index is 953. The number of carbonyl (C=O) groups excluding carboxylic acids is 3. The number of aryl methyl sites for hydroxylation is 1. The lowest BCUT2D eigenvalue weighted by atomic mass is 10.1. The van der Waals surface area contributed by atoms with Gasteiger partial charge in [0, 0.05) is 5.56 Å². The third kappa shape index (κ3) is 4.23. The van der Waals surface area contributed by atoms with Gasteiger partial charge in [0.2, 0.25) is 0 Å². The van der Waals surface area contributed by atoms with E-state index in [-0.39, 0.29) is 17.2 Å². The van der Waals surface area contributed by atoms with Crippen LogP contribution in [0.1, 0.15) is 21.5 Å². The fourth-order valence-electron chi connectivity index (χ4n) is 2.53. The lowest BCUT2D eigenvalue weighted by Crippen LogP contribution is -2.33. The van der Waals surface area contributed by atoms with Crippen molar-refractivity contribution in [2.45, 2.75) is 6.92 Å². The topological polar surface area (TPSA) is 63.7 Å². The van der Waals surface area contributed by atoms with E-state index in [1.54, 1.807) is 36.4 Å². The van der Waals surface area contributed by atoms with E-state index in [2.05, 4.69) is 0 Å². The maximum Gasteiger partial charge on any atom is 0.293 e. The average Bonchev–Trinajstić information content (AvgIpc) is 2.90. The van der Waals surface area contributed by atoms with Crippen LogP contribution in [0.15, 0.2) is 47.4 Å². The van der Waals surface area contributed by atoms with Crippen LogP contribution in [0.2, 0.25) is 5.02 Å². The van der Waals surface area contributed by atoms with Gasteiger partial charge in [-0.1, -0.05) is 47.5 Å². The molecule has 27 heavy (non-hydrogen) atoms. The van der Waals surface area contributed by atoms with Gasteiger partial charge >= 0.3 is 0 Å². The van der Waals surface area contributed by atoms with Crippen LogP contribution in [-0.2, 0) is 4.79 Å². The zero-order valence-corrected chi connectivity index (χ0v) is 16.3. The summed E-state index contributed by atoms with van der Waals surface area (Å²) in [5, 5.41) is -0.0636. The maximum absolute atomic E-state index is 12.6. The molecular formula is C20H16ClNO4S. The van der Waals surface area contributed by atoms with Crippen molar-refractivity contribution in [1.82, 2.24) is 4.90 Å². The van der Waals surface area contributed by atoms with Gasteiger partial charge in [-0.3, -0.25) is 19.3 Å². The monoisotopic (exact) mass is 401 g/mol. The van der Waals surface area contributed by atoms with Crippen LogP contribution in [0.25, 0.3) is 6.08 Å². The van der Waals surface area contributed by atoms with E-state index >= 15 is 0 Å². The van der Waals surface area contributed by atoms with E-state index in [0.717, 1.165) is 22.2 Å². The van der Waals surface area contributed by atoms with Crippen LogP contribution >= 0.6 is 23.4 Å². The molecule has 0 bridgehead atoms. The molecule has 0 saturated carbocycles. The Balaban J connectivity index is 1.77. The second-order valence-electron chi connectivity index (χ2n) is 5.95. The number of ketones is 1. The van der Waals surface area contributed by atoms with E-state index in [4.69, 9.17) is 16.3 Å². The highest BCUT2D eigenvalue weighted by atomic mass is 35.5. The second kappa shape index (κ2) is 7.98. The molecule has 0 N–H and O–H groups in total. The maximum atomic E-state index is 12.6. The van der Waals surface area contributed by atoms with Crippen LogP contribution in [0.5, 0.6) is 5.75 Å². The number of benzene rings is 2. The van der Waals surface area contributed by atoms with Crippen LogP contribution in [-0.4, -0.2) is 35.5 Å². The molecule has 2 aromatic rings. The molecule has 138 valence electrons. The van der Waals surface area contributed by atoms with E-state index in [1.807, 2.05) is 19.1 Å². The number of imide groups is 1. The molecule has 0 spiro atoms. The second-order valence-corrected chi connectivity index (χ2v) is 7.35. The number of hydrogen-bond donors (Lipinski definition) is 0. The first-order valence-corrected chi connectivity index (χ1v) is 9.27. The largest absolute Gasteiger partial charge is 0.495 e. The number of thioether (sulfide) groups is 1. The van der Waals surface area contributed by atoms with Crippen molar-refractivity contribution in [3.8, 4) is 5.75 Å². The third-order valence-electron chi connectivity index (χ3n) is 4.02.